The number of aliphatic hydroxyl groups is 1. The molecule has 3 fully saturated rings. The predicted octanol–water partition coefficient (Wildman–Crippen LogP) is 1.36. The summed E-state index contributed by atoms with van der Waals surface area (Å²) in [6.45, 7) is 0.702. The van der Waals surface area contributed by atoms with E-state index in [4.69, 9.17) is 0 Å². The molecule has 0 aromatic heterocycles. The van der Waals surface area contributed by atoms with E-state index in [1.165, 1.54) is 0 Å². The number of piperazine rings is 1. The molecule has 3 atom stereocenters. The van der Waals surface area contributed by atoms with Gasteiger partial charge in [0.2, 0.25) is 11.8 Å². The fourth-order valence-corrected chi connectivity index (χ4v) is 4.21. The third-order valence-electron chi connectivity index (χ3n) is 5.25. The van der Waals surface area contributed by atoms with Gasteiger partial charge in [0, 0.05) is 22.9 Å². The van der Waals surface area contributed by atoms with Crippen LogP contribution in [0.5, 0.6) is 0 Å². The number of amides is 2. The first-order valence-electron chi connectivity index (χ1n) is 8.06. The van der Waals surface area contributed by atoms with Gasteiger partial charge < -0.3 is 14.9 Å². The van der Waals surface area contributed by atoms with Gasteiger partial charge in [-0.3, -0.25) is 9.59 Å². The summed E-state index contributed by atoms with van der Waals surface area (Å²) in [5, 5.41) is 9.72. The largest absolute Gasteiger partial charge is 0.394 e. The molecule has 2 saturated heterocycles. The van der Waals surface area contributed by atoms with Crippen LogP contribution < -0.4 is 0 Å². The molecule has 0 bridgehead atoms. The first-order valence-corrected chi connectivity index (χ1v) is 8.85. The number of aliphatic hydroxyl groups excluding tert-OH is 1. The van der Waals surface area contributed by atoms with Crippen LogP contribution in [0.3, 0.4) is 0 Å². The van der Waals surface area contributed by atoms with Crippen LogP contribution in [-0.4, -0.2) is 58.5 Å². The monoisotopic (exact) mass is 378 g/mol. The number of carbonyl (C=O) groups excluding carboxylic acids is 2. The topological polar surface area (TPSA) is 60.9 Å². The number of nitrogens with zero attached hydrogens (tertiary/aromatic N) is 2. The molecule has 23 heavy (non-hydrogen) atoms. The zero-order valence-corrected chi connectivity index (χ0v) is 14.3. The lowest BCUT2D eigenvalue weighted by Crippen LogP contribution is -2.73. The Morgan fingerprint density at radius 2 is 1.96 bits per heavy atom. The average molecular weight is 379 g/mol. The second kappa shape index (κ2) is 5.60. The smallest absolute Gasteiger partial charge is 0.242 e. The predicted molar refractivity (Wildman–Crippen MR) is 87.7 cm³/mol. The molecule has 1 saturated carbocycles. The highest BCUT2D eigenvalue weighted by molar-refractivity contribution is 9.10. The molecule has 2 heterocycles. The van der Waals surface area contributed by atoms with E-state index in [9.17, 15) is 14.7 Å². The van der Waals surface area contributed by atoms with Gasteiger partial charge in [0.1, 0.15) is 0 Å². The Balaban J connectivity index is 1.58. The first kappa shape index (κ1) is 15.1. The number of hydrogen-bond acceptors (Lipinski definition) is 3. The van der Waals surface area contributed by atoms with Crippen molar-refractivity contribution < 1.29 is 14.7 Å². The second-order valence-electron chi connectivity index (χ2n) is 6.69. The van der Waals surface area contributed by atoms with Gasteiger partial charge in [-0.25, -0.2) is 0 Å². The Labute approximate surface area is 143 Å². The summed E-state index contributed by atoms with van der Waals surface area (Å²) in [5.74, 6) is 0.309. The molecule has 0 unspecified atom stereocenters. The van der Waals surface area contributed by atoms with Crippen LogP contribution in [0.15, 0.2) is 28.7 Å². The Morgan fingerprint density at radius 3 is 2.57 bits per heavy atom. The van der Waals surface area contributed by atoms with Gasteiger partial charge in [0.25, 0.3) is 0 Å². The molecule has 1 aliphatic carbocycles. The van der Waals surface area contributed by atoms with Crippen molar-refractivity contribution in [1.29, 1.82) is 0 Å². The number of halogens is 1. The number of carbonyl (C=O) groups is 2. The van der Waals surface area contributed by atoms with E-state index >= 15 is 0 Å². The molecule has 1 aromatic carbocycles. The molecular formula is C17H19BrN2O3. The summed E-state index contributed by atoms with van der Waals surface area (Å²) in [6, 6.07) is 7.82. The summed E-state index contributed by atoms with van der Waals surface area (Å²) < 4.78 is 1.00. The average Bonchev–Trinajstić information content (AvgIpc) is 3.35. The number of fused-ring (bicyclic) bond motifs is 1. The molecule has 0 radical (unpaired) electrons. The molecular weight excluding hydrogens is 360 g/mol. The lowest BCUT2D eigenvalue weighted by Gasteiger charge is -2.58. The van der Waals surface area contributed by atoms with Crippen molar-refractivity contribution in [3.8, 4) is 0 Å². The van der Waals surface area contributed by atoms with Crippen molar-refractivity contribution in [2.45, 2.75) is 30.8 Å². The summed E-state index contributed by atoms with van der Waals surface area (Å²) in [7, 11) is 0. The number of benzene rings is 1. The maximum atomic E-state index is 12.4. The van der Waals surface area contributed by atoms with Crippen LogP contribution in [-0.2, 0) is 9.59 Å². The van der Waals surface area contributed by atoms with Crippen LogP contribution >= 0.6 is 15.9 Å². The Bertz CT molecular complexity index is 644. The lowest BCUT2D eigenvalue weighted by atomic mass is 9.73. The highest BCUT2D eigenvalue weighted by Gasteiger charge is 2.55. The van der Waals surface area contributed by atoms with E-state index in [1.54, 1.807) is 9.80 Å². The molecule has 0 spiro atoms. The summed E-state index contributed by atoms with van der Waals surface area (Å²) in [6.07, 6.45) is 1.90. The van der Waals surface area contributed by atoms with Crippen molar-refractivity contribution in [3.05, 3.63) is 34.3 Å². The van der Waals surface area contributed by atoms with Gasteiger partial charge in [0.05, 0.1) is 25.2 Å². The van der Waals surface area contributed by atoms with Crippen LogP contribution in [0.4, 0.5) is 0 Å². The molecule has 6 heteroatoms. The van der Waals surface area contributed by atoms with Gasteiger partial charge in [-0.05, 0) is 30.5 Å². The van der Waals surface area contributed by atoms with E-state index in [-0.39, 0.29) is 48.9 Å². The molecule has 1 N–H and O–H groups in total. The minimum absolute atomic E-state index is 0.0164. The highest BCUT2D eigenvalue weighted by Crippen LogP contribution is 2.44. The van der Waals surface area contributed by atoms with E-state index in [2.05, 4.69) is 15.9 Å². The minimum atomic E-state index is -0.174. The quantitative estimate of drug-likeness (QED) is 0.863. The fourth-order valence-electron chi connectivity index (χ4n) is 3.94. The fraction of sp³-hybridized carbons (Fsp3) is 0.529. The Kier molecular flexibility index (Phi) is 3.69. The standard InChI is InChI=1S/C17H19BrN2O3/c18-12-5-3-10(4-6-12)16-13-7-19(17(23)11-1-2-11)8-15(22)20(13)14(16)9-21/h3-6,11,13-14,16,21H,1-2,7-9H2/t13-,14+,16-/m0/s1. The number of rotatable bonds is 3. The van der Waals surface area contributed by atoms with Crippen molar-refractivity contribution in [2.24, 2.45) is 5.92 Å². The van der Waals surface area contributed by atoms with Gasteiger partial charge in [0.15, 0.2) is 0 Å². The number of hydrogen-bond donors (Lipinski definition) is 1. The maximum Gasteiger partial charge on any atom is 0.242 e. The van der Waals surface area contributed by atoms with Crippen LogP contribution in [0.2, 0.25) is 0 Å². The van der Waals surface area contributed by atoms with Gasteiger partial charge in [-0.2, -0.15) is 0 Å². The van der Waals surface area contributed by atoms with E-state index in [0.717, 1.165) is 22.9 Å². The van der Waals surface area contributed by atoms with E-state index in [0.29, 0.717) is 6.54 Å². The maximum absolute atomic E-state index is 12.4. The molecule has 4 rings (SSSR count). The molecule has 2 aliphatic heterocycles. The van der Waals surface area contributed by atoms with Crippen LogP contribution in [0.1, 0.15) is 24.3 Å². The van der Waals surface area contributed by atoms with Crippen molar-refractivity contribution in [1.82, 2.24) is 9.80 Å². The molecule has 3 aliphatic rings. The Morgan fingerprint density at radius 1 is 1.26 bits per heavy atom. The third-order valence-corrected chi connectivity index (χ3v) is 5.77. The van der Waals surface area contributed by atoms with Gasteiger partial charge in [-0.15, -0.1) is 0 Å². The normalized spacial score (nSPS) is 30.0. The zero-order valence-electron chi connectivity index (χ0n) is 12.7. The second-order valence-corrected chi connectivity index (χ2v) is 7.60. The van der Waals surface area contributed by atoms with E-state index in [1.807, 2.05) is 24.3 Å². The minimum Gasteiger partial charge on any atom is -0.394 e. The first-order chi connectivity index (χ1) is 11.1. The molecule has 2 amide bonds. The van der Waals surface area contributed by atoms with Crippen molar-refractivity contribution in [2.75, 3.05) is 19.7 Å². The van der Waals surface area contributed by atoms with E-state index < -0.39 is 0 Å². The van der Waals surface area contributed by atoms with Gasteiger partial charge in [-0.1, -0.05) is 28.1 Å². The highest BCUT2D eigenvalue weighted by atomic mass is 79.9. The van der Waals surface area contributed by atoms with Crippen molar-refractivity contribution >= 4 is 27.7 Å². The van der Waals surface area contributed by atoms with Crippen LogP contribution in [0.25, 0.3) is 0 Å². The van der Waals surface area contributed by atoms with Gasteiger partial charge >= 0.3 is 0 Å². The summed E-state index contributed by atoms with van der Waals surface area (Å²) in [4.78, 5) is 28.3. The lowest BCUT2D eigenvalue weighted by molar-refractivity contribution is -0.167. The Hall–Kier alpha value is -1.40. The molecule has 1 aromatic rings. The zero-order chi connectivity index (χ0) is 16.1. The summed E-state index contributed by atoms with van der Waals surface area (Å²) in [5.41, 5.74) is 1.11. The molecule has 5 nitrogen and oxygen atoms in total. The SMILES string of the molecule is O=C(C1CC1)N1CC(=O)N2[C@H](CO)[C@@H](c3ccc(Br)cc3)[C@@H]2C1. The third kappa shape index (κ3) is 2.48. The molecule has 122 valence electrons. The van der Waals surface area contributed by atoms with Crippen molar-refractivity contribution in [3.63, 3.8) is 0 Å². The summed E-state index contributed by atoms with van der Waals surface area (Å²) >= 11 is 3.43. The van der Waals surface area contributed by atoms with Crippen LogP contribution in [0, 0.1) is 5.92 Å².